The van der Waals surface area contributed by atoms with E-state index in [1.54, 1.807) is 0 Å². The van der Waals surface area contributed by atoms with Crippen molar-refractivity contribution in [2.24, 2.45) is 5.92 Å². The Kier molecular flexibility index (Phi) is 3.81. The van der Waals surface area contributed by atoms with E-state index in [0.29, 0.717) is 6.61 Å². The van der Waals surface area contributed by atoms with E-state index >= 15 is 0 Å². The van der Waals surface area contributed by atoms with E-state index in [4.69, 9.17) is 4.74 Å². The molecule has 0 spiro atoms. The number of hydrogen-bond donors (Lipinski definition) is 0. The monoisotopic (exact) mass is 220 g/mol. The average molecular weight is 220 g/mol. The van der Waals surface area contributed by atoms with Crippen molar-refractivity contribution in [3.05, 3.63) is 23.3 Å². The Morgan fingerprint density at radius 1 is 1.38 bits per heavy atom. The van der Waals surface area contributed by atoms with Gasteiger partial charge in [-0.1, -0.05) is 23.3 Å². The zero-order valence-electron chi connectivity index (χ0n) is 10.00. The molecule has 2 aliphatic rings. The molecule has 2 rings (SSSR count). The van der Waals surface area contributed by atoms with Crippen LogP contribution in [0.25, 0.3) is 0 Å². The molecule has 0 radical (unpaired) electrons. The summed E-state index contributed by atoms with van der Waals surface area (Å²) in [6, 6.07) is 0. The summed E-state index contributed by atoms with van der Waals surface area (Å²) in [6.07, 6.45) is 11.0. The van der Waals surface area contributed by atoms with Gasteiger partial charge >= 0.3 is 5.97 Å². The summed E-state index contributed by atoms with van der Waals surface area (Å²) >= 11 is 0. The lowest BCUT2D eigenvalue weighted by molar-refractivity contribution is -0.146. The van der Waals surface area contributed by atoms with Crippen LogP contribution in [0.15, 0.2) is 23.3 Å². The lowest BCUT2D eigenvalue weighted by Gasteiger charge is -2.24. The Balaban J connectivity index is 2.20. The van der Waals surface area contributed by atoms with Crippen molar-refractivity contribution in [2.75, 3.05) is 6.61 Å². The molecule has 2 nitrogen and oxygen atoms in total. The van der Waals surface area contributed by atoms with Gasteiger partial charge in [-0.3, -0.25) is 4.79 Å². The zero-order chi connectivity index (χ0) is 11.4. The SMILES string of the molecule is CCOC(=O)C1CC=CCC2=C1CCCC2. The minimum absolute atomic E-state index is 0.00833. The van der Waals surface area contributed by atoms with Crippen molar-refractivity contribution < 1.29 is 9.53 Å². The molecule has 88 valence electrons. The lowest BCUT2D eigenvalue weighted by atomic mass is 9.83. The van der Waals surface area contributed by atoms with Crippen LogP contribution in [0.5, 0.6) is 0 Å². The molecular formula is C14H20O2. The van der Waals surface area contributed by atoms with E-state index in [9.17, 15) is 4.79 Å². The minimum Gasteiger partial charge on any atom is -0.466 e. The van der Waals surface area contributed by atoms with Gasteiger partial charge in [0.2, 0.25) is 0 Å². The van der Waals surface area contributed by atoms with Gasteiger partial charge < -0.3 is 4.74 Å². The van der Waals surface area contributed by atoms with Gasteiger partial charge in [-0.2, -0.15) is 0 Å². The van der Waals surface area contributed by atoms with E-state index in [-0.39, 0.29) is 11.9 Å². The molecule has 0 aliphatic heterocycles. The summed E-state index contributed by atoms with van der Waals surface area (Å²) in [6.45, 7) is 2.36. The molecule has 0 amide bonds. The van der Waals surface area contributed by atoms with Crippen molar-refractivity contribution in [1.82, 2.24) is 0 Å². The molecule has 0 saturated heterocycles. The van der Waals surface area contributed by atoms with Gasteiger partial charge in [0.15, 0.2) is 0 Å². The van der Waals surface area contributed by atoms with Gasteiger partial charge in [-0.05, 0) is 45.4 Å². The van der Waals surface area contributed by atoms with Crippen LogP contribution < -0.4 is 0 Å². The molecule has 0 N–H and O–H groups in total. The molecule has 0 aromatic carbocycles. The first-order valence-corrected chi connectivity index (χ1v) is 6.35. The maximum absolute atomic E-state index is 11.9. The molecule has 0 bridgehead atoms. The molecule has 16 heavy (non-hydrogen) atoms. The Bertz CT molecular complexity index is 326. The molecule has 1 atom stereocenters. The molecule has 0 aromatic heterocycles. The van der Waals surface area contributed by atoms with Gasteiger partial charge in [-0.25, -0.2) is 0 Å². The second-order valence-corrected chi connectivity index (χ2v) is 4.55. The third-order valence-corrected chi connectivity index (χ3v) is 3.52. The Morgan fingerprint density at radius 2 is 2.19 bits per heavy atom. The van der Waals surface area contributed by atoms with Crippen molar-refractivity contribution in [3.8, 4) is 0 Å². The fraction of sp³-hybridized carbons (Fsp3) is 0.643. The summed E-state index contributed by atoms with van der Waals surface area (Å²) in [5, 5.41) is 0. The molecule has 2 heteroatoms. The summed E-state index contributed by atoms with van der Waals surface area (Å²) in [5.41, 5.74) is 2.88. The normalized spacial score (nSPS) is 24.9. The topological polar surface area (TPSA) is 26.3 Å². The standard InChI is InChI=1S/C14H20O2/c1-2-16-14(15)13-10-6-4-8-11-7-3-5-9-12(11)13/h4,6,13H,2-3,5,7-10H2,1H3. The highest BCUT2D eigenvalue weighted by Crippen LogP contribution is 2.36. The van der Waals surface area contributed by atoms with Crippen LogP contribution in [0, 0.1) is 5.92 Å². The van der Waals surface area contributed by atoms with E-state index in [1.165, 1.54) is 30.4 Å². The number of allylic oxidation sites excluding steroid dienone is 3. The quantitative estimate of drug-likeness (QED) is 0.526. The maximum atomic E-state index is 11.9. The van der Waals surface area contributed by atoms with Crippen LogP contribution in [0.2, 0.25) is 0 Å². The number of hydrogen-bond acceptors (Lipinski definition) is 2. The van der Waals surface area contributed by atoms with E-state index in [1.807, 2.05) is 6.92 Å². The second kappa shape index (κ2) is 5.33. The number of rotatable bonds is 2. The van der Waals surface area contributed by atoms with Crippen molar-refractivity contribution >= 4 is 5.97 Å². The Hall–Kier alpha value is -1.05. The summed E-state index contributed by atoms with van der Waals surface area (Å²) in [7, 11) is 0. The molecule has 1 unspecified atom stereocenters. The molecule has 0 aromatic rings. The van der Waals surface area contributed by atoms with Crippen molar-refractivity contribution in [1.29, 1.82) is 0 Å². The lowest BCUT2D eigenvalue weighted by Crippen LogP contribution is -2.21. The number of carbonyl (C=O) groups is 1. The zero-order valence-corrected chi connectivity index (χ0v) is 10.00. The molecule has 0 fully saturated rings. The van der Waals surface area contributed by atoms with E-state index in [0.717, 1.165) is 19.3 Å². The second-order valence-electron chi connectivity index (χ2n) is 4.55. The minimum atomic E-state index is -0.0246. The smallest absolute Gasteiger partial charge is 0.313 e. The summed E-state index contributed by atoms with van der Waals surface area (Å²) in [5.74, 6) is -0.0163. The van der Waals surface area contributed by atoms with Gasteiger partial charge in [0.05, 0.1) is 12.5 Å². The molecule has 0 saturated carbocycles. The fourth-order valence-electron chi connectivity index (χ4n) is 2.73. The largest absolute Gasteiger partial charge is 0.466 e. The van der Waals surface area contributed by atoms with Crippen molar-refractivity contribution in [2.45, 2.75) is 45.4 Å². The maximum Gasteiger partial charge on any atom is 0.313 e. The van der Waals surface area contributed by atoms with Crippen molar-refractivity contribution in [3.63, 3.8) is 0 Å². The predicted molar refractivity (Wildman–Crippen MR) is 64.0 cm³/mol. The van der Waals surface area contributed by atoms with Crippen LogP contribution in [0.3, 0.4) is 0 Å². The van der Waals surface area contributed by atoms with Gasteiger partial charge in [-0.15, -0.1) is 0 Å². The van der Waals surface area contributed by atoms with Gasteiger partial charge in [0, 0.05) is 0 Å². The first kappa shape index (κ1) is 11.4. The van der Waals surface area contributed by atoms with Crippen LogP contribution in [0.1, 0.15) is 45.4 Å². The molecule has 0 heterocycles. The Labute approximate surface area is 97.4 Å². The number of ether oxygens (including phenoxy) is 1. The Morgan fingerprint density at radius 3 is 3.00 bits per heavy atom. The third-order valence-electron chi connectivity index (χ3n) is 3.52. The van der Waals surface area contributed by atoms with Crippen LogP contribution >= 0.6 is 0 Å². The fourth-order valence-corrected chi connectivity index (χ4v) is 2.73. The highest BCUT2D eigenvalue weighted by molar-refractivity contribution is 5.76. The van der Waals surface area contributed by atoms with Gasteiger partial charge in [0.1, 0.15) is 0 Å². The highest BCUT2D eigenvalue weighted by Gasteiger charge is 2.27. The van der Waals surface area contributed by atoms with E-state index in [2.05, 4.69) is 12.2 Å². The summed E-state index contributed by atoms with van der Waals surface area (Å²) < 4.78 is 5.18. The van der Waals surface area contributed by atoms with Crippen LogP contribution in [-0.2, 0) is 9.53 Å². The first-order valence-electron chi connectivity index (χ1n) is 6.35. The first-order chi connectivity index (χ1) is 7.83. The number of carbonyl (C=O) groups excluding carboxylic acids is 1. The van der Waals surface area contributed by atoms with Crippen LogP contribution in [0.4, 0.5) is 0 Å². The summed E-state index contributed by atoms with van der Waals surface area (Å²) in [4.78, 5) is 11.9. The highest BCUT2D eigenvalue weighted by atomic mass is 16.5. The molecular weight excluding hydrogens is 200 g/mol. The van der Waals surface area contributed by atoms with Crippen LogP contribution in [-0.4, -0.2) is 12.6 Å². The molecule has 2 aliphatic carbocycles. The predicted octanol–water partition coefficient (Wildman–Crippen LogP) is 3.39. The van der Waals surface area contributed by atoms with Gasteiger partial charge in [0.25, 0.3) is 0 Å². The average Bonchev–Trinajstić information content (AvgIpc) is 2.51. The third kappa shape index (κ3) is 2.37. The number of esters is 1. The van der Waals surface area contributed by atoms with E-state index < -0.39 is 0 Å².